The zero-order chi connectivity index (χ0) is 19.2. The molecule has 2 aromatic carbocycles. The number of furan rings is 1. The molecule has 0 saturated carbocycles. The molecule has 1 heterocycles. The molecule has 0 unspecified atom stereocenters. The van der Waals surface area contributed by atoms with Crippen molar-refractivity contribution in [1.29, 1.82) is 0 Å². The lowest BCUT2D eigenvalue weighted by atomic mass is 10.1. The van der Waals surface area contributed by atoms with E-state index in [2.05, 4.69) is 5.32 Å². The number of carbonyl (C=O) groups excluding carboxylic acids is 2. The highest BCUT2D eigenvalue weighted by molar-refractivity contribution is 6.31. The number of nitrogens with one attached hydrogen (secondary N) is 1. The van der Waals surface area contributed by atoms with Crippen molar-refractivity contribution < 1.29 is 18.7 Å². The van der Waals surface area contributed by atoms with Gasteiger partial charge in [-0.1, -0.05) is 29.8 Å². The molecule has 1 N–H and O–H groups in total. The van der Waals surface area contributed by atoms with Crippen LogP contribution in [-0.2, 0) is 4.79 Å². The number of rotatable bonds is 7. The van der Waals surface area contributed by atoms with Gasteiger partial charge in [0.2, 0.25) is 5.78 Å². The monoisotopic (exact) mass is 383 g/mol. The summed E-state index contributed by atoms with van der Waals surface area (Å²) in [5, 5.41) is 4.03. The third-order valence-corrected chi connectivity index (χ3v) is 4.01. The van der Waals surface area contributed by atoms with Crippen LogP contribution in [-0.4, -0.2) is 24.8 Å². The molecule has 0 atom stereocenters. The molecule has 6 heteroatoms. The molecular weight excluding hydrogens is 366 g/mol. The summed E-state index contributed by atoms with van der Waals surface area (Å²) in [6.07, 6.45) is 3.14. The van der Waals surface area contributed by atoms with Crippen LogP contribution in [0, 0.1) is 0 Å². The fraction of sp³-hybridized carbons (Fsp3) is 0.143. The van der Waals surface area contributed by atoms with Gasteiger partial charge < -0.3 is 14.5 Å². The number of benzene rings is 2. The van der Waals surface area contributed by atoms with Crippen molar-refractivity contribution in [1.82, 2.24) is 5.32 Å². The molecule has 3 rings (SSSR count). The fourth-order valence-electron chi connectivity index (χ4n) is 2.46. The zero-order valence-electron chi connectivity index (χ0n) is 14.7. The Labute approximate surface area is 161 Å². The van der Waals surface area contributed by atoms with Crippen LogP contribution in [0.15, 0.2) is 59.0 Å². The first kappa shape index (κ1) is 18.7. The first-order valence-corrected chi connectivity index (χ1v) is 8.84. The molecule has 3 aromatic rings. The van der Waals surface area contributed by atoms with E-state index < -0.39 is 0 Å². The summed E-state index contributed by atoms with van der Waals surface area (Å²) >= 11 is 5.94. The van der Waals surface area contributed by atoms with Crippen LogP contribution in [0.4, 0.5) is 0 Å². The van der Waals surface area contributed by atoms with E-state index >= 15 is 0 Å². The van der Waals surface area contributed by atoms with E-state index in [0.29, 0.717) is 22.9 Å². The van der Waals surface area contributed by atoms with Crippen LogP contribution in [0.3, 0.4) is 0 Å². The number of fused-ring (bicyclic) bond motifs is 1. The van der Waals surface area contributed by atoms with E-state index in [1.165, 1.54) is 6.08 Å². The Hall–Kier alpha value is -3.05. The summed E-state index contributed by atoms with van der Waals surface area (Å²) in [6, 6.07) is 14.0. The standard InChI is InChI=1S/C21H18ClNO4/c1-2-23-21(25)13-26-17-7-3-14(4-8-17)5-9-18(24)20-12-15-11-16(22)6-10-19(15)27-20/h3-12H,2,13H2,1H3,(H,23,25)/b9-5+. The number of ether oxygens (including phenoxy) is 1. The van der Waals surface area contributed by atoms with Gasteiger partial charge in [0.15, 0.2) is 12.4 Å². The number of hydrogen-bond acceptors (Lipinski definition) is 4. The van der Waals surface area contributed by atoms with Gasteiger partial charge in [-0.25, -0.2) is 0 Å². The Morgan fingerprint density at radius 1 is 1.15 bits per heavy atom. The van der Waals surface area contributed by atoms with E-state index in [0.717, 1.165) is 10.9 Å². The molecule has 1 aromatic heterocycles. The van der Waals surface area contributed by atoms with Crippen LogP contribution >= 0.6 is 11.6 Å². The number of allylic oxidation sites excluding steroid dienone is 1. The van der Waals surface area contributed by atoms with Crippen LogP contribution in [0.5, 0.6) is 5.75 Å². The second kappa shape index (κ2) is 8.56. The Kier molecular flexibility index (Phi) is 5.94. The highest BCUT2D eigenvalue weighted by atomic mass is 35.5. The first-order valence-electron chi connectivity index (χ1n) is 8.46. The molecule has 138 valence electrons. The van der Waals surface area contributed by atoms with Crippen molar-refractivity contribution in [3.05, 3.63) is 71.0 Å². The molecule has 0 saturated heterocycles. The predicted molar refractivity (Wildman–Crippen MR) is 105 cm³/mol. The maximum atomic E-state index is 12.3. The molecule has 27 heavy (non-hydrogen) atoms. The molecule has 1 amide bonds. The maximum absolute atomic E-state index is 12.3. The molecule has 0 spiro atoms. The summed E-state index contributed by atoms with van der Waals surface area (Å²) in [6.45, 7) is 2.39. The minimum atomic E-state index is -0.237. The van der Waals surface area contributed by atoms with Crippen molar-refractivity contribution in [3.63, 3.8) is 0 Å². The second-order valence-corrected chi connectivity index (χ2v) is 6.24. The van der Waals surface area contributed by atoms with E-state index in [9.17, 15) is 9.59 Å². The van der Waals surface area contributed by atoms with Gasteiger partial charge in [0.1, 0.15) is 11.3 Å². The van der Waals surface area contributed by atoms with Gasteiger partial charge in [-0.3, -0.25) is 9.59 Å². The average molecular weight is 384 g/mol. The largest absolute Gasteiger partial charge is 0.484 e. The minimum Gasteiger partial charge on any atom is -0.484 e. The SMILES string of the molecule is CCNC(=O)COc1ccc(/C=C/C(=O)c2cc3cc(Cl)ccc3o2)cc1. The first-order chi connectivity index (χ1) is 13.0. The smallest absolute Gasteiger partial charge is 0.257 e. The van der Waals surface area contributed by atoms with Gasteiger partial charge in [0.25, 0.3) is 5.91 Å². The Balaban J connectivity index is 1.62. The second-order valence-electron chi connectivity index (χ2n) is 5.80. The molecule has 0 bridgehead atoms. The summed E-state index contributed by atoms with van der Waals surface area (Å²) in [7, 11) is 0. The molecule has 0 radical (unpaired) electrons. The number of hydrogen-bond donors (Lipinski definition) is 1. The van der Waals surface area contributed by atoms with E-state index in [4.69, 9.17) is 20.8 Å². The molecule has 0 aliphatic heterocycles. The number of ketones is 1. The average Bonchev–Trinajstić information content (AvgIpc) is 3.09. The number of likely N-dealkylation sites (N-methyl/N-ethyl adjacent to an activating group) is 1. The quantitative estimate of drug-likeness (QED) is 0.482. The number of carbonyl (C=O) groups is 2. The van der Waals surface area contributed by atoms with E-state index in [1.54, 1.807) is 54.6 Å². The summed E-state index contributed by atoms with van der Waals surface area (Å²) in [4.78, 5) is 23.7. The zero-order valence-corrected chi connectivity index (χ0v) is 15.5. The van der Waals surface area contributed by atoms with Crippen LogP contribution in [0.1, 0.15) is 23.0 Å². The molecule has 0 aliphatic rings. The van der Waals surface area contributed by atoms with Crippen LogP contribution < -0.4 is 10.1 Å². The van der Waals surface area contributed by atoms with Gasteiger partial charge in [0, 0.05) is 17.0 Å². The normalized spacial score (nSPS) is 11.0. The Bertz CT molecular complexity index is 989. The maximum Gasteiger partial charge on any atom is 0.257 e. The van der Waals surface area contributed by atoms with Gasteiger partial charge in [-0.2, -0.15) is 0 Å². The topological polar surface area (TPSA) is 68.5 Å². The van der Waals surface area contributed by atoms with Crippen LogP contribution in [0.25, 0.3) is 17.0 Å². The summed E-state index contributed by atoms with van der Waals surface area (Å²) in [5.74, 6) is 0.433. The summed E-state index contributed by atoms with van der Waals surface area (Å²) in [5.41, 5.74) is 1.44. The van der Waals surface area contributed by atoms with E-state index in [1.807, 2.05) is 6.92 Å². The molecule has 0 aliphatic carbocycles. The lowest BCUT2D eigenvalue weighted by Gasteiger charge is -2.06. The van der Waals surface area contributed by atoms with Crippen molar-refractivity contribution in [2.45, 2.75) is 6.92 Å². The molecular formula is C21H18ClNO4. The van der Waals surface area contributed by atoms with Crippen molar-refractivity contribution >= 4 is 40.3 Å². The lowest BCUT2D eigenvalue weighted by Crippen LogP contribution is -2.28. The lowest BCUT2D eigenvalue weighted by molar-refractivity contribution is -0.122. The van der Waals surface area contributed by atoms with Gasteiger partial charge >= 0.3 is 0 Å². The van der Waals surface area contributed by atoms with Crippen molar-refractivity contribution in [3.8, 4) is 5.75 Å². The Morgan fingerprint density at radius 3 is 2.67 bits per heavy atom. The predicted octanol–water partition coefficient (Wildman–Crippen LogP) is 4.50. The summed E-state index contributed by atoms with van der Waals surface area (Å²) < 4.78 is 10.9. The highest BCUT2D eigenvalue weighted by Gasteiger charge is 2.10. The molecule has 5 nitrogen and oxygen atoms in total. The third-order valence-electron chi connectivity index (χ3n) is 3.77. The van der Waals surface area contributed by atoms with Crippen molar-refractivity contribution in [2.24, 2.45) is 0 Å². The van der Waals surface area contributed by atoms with Crippen LogP contribution in [0.2, 0.25) is 5.02 Å². The fourth-order valence-corrected chi connectivity index (χ4v) is 2.64. The highest BCUT2D eigenvalue weighted by Crippen LogP contribution is 2.23. The van der Waals surface area contributed by atoms with Gasteiger partial charge in [0.05, 0.1) is 0 Å². The van der Waals surface area contributed by atoms with Crippen molar-refractivity contribution in [2.75, 3.05) is 13.2 Å². The van der Waals surface area contributed by atoms with Gasteiger partial charge in [-0.05, 0) is 55.0 Å². The minimum absolute atomic E-state index is 0.0302. The Morgan fingerprint density at radius 2 is 1.93 bits per heavy atom. The number of amides is 1. The molecule has 0 fully saturated rings. The third kappa shape index (κ3) is 4.99. The van der Waals surface area contributed by atoms with E-state index in [-0.39, 0.29) is 24.1 Å². The van der Waals surface area contributed by atoms with Gasteiger partial charge in [-0.15, -0.1) is 0 Å². The number of halogens is 1.